The first-order chi connectivity index (χ1) is 3.63. The van der Waals surface area contributed by atoms with Gasteiger partial charge in [-0.1, -0.05) is 13.3 Å². The summed E-state index contributed by atoms with van der Waals surface area (Å²) in [7, 11) is 0.586. The molecule has 0 aromatic rings. The quantitative estimate of drug-likeness (QED) is 0.485. The SMILES string of the molecule is CP(C)[CH-]CP(C)C.[V]. The molecular weight excluding hydrogens is 185 g/mol. The van der Waals surface area contributed by atoms with E-state index >= 15 is 0 Å². The fraction of sp³-hybridized carbons (Fsp3) is 0.833. The van der Waals surface area contributed by atoms with E-state index < -0.39 is 0 Å². The van der Waals surface area contributed by atoms with Gasteiger partial charge in [0.05, 0.1) is 0 Å². The first-order valence-corrected chi connectivity index (χ1v) is 7.50. The molecule has 0 amide bonds. The molecule has 0 aromatic carbocycles. The van der Waals surface area contributed by atoms with Crippen LogP contribution in [-0.2, 0) is 18.6 Å². The molecule has 0 saturated carbocycles. The van der Waals surface area contributed by atoms with E-state index in [-0.39, 0.29) is 26.5 Å². The molecule has 0 heterocycles. The molecule has 0 nitrogen and oxygen atoms in total. The Morgan fingerprint density at radius 1 is 1.11 bits per heavy atom. The molecule has 0 saturated heterocycles. The maximum absolute atomic E-state index is 2.46. The second kappa shape index (κ2) is 7.55. The Morgan fingerprint density at radius 3 is 1.67 bits per heavy atom. The van der Waals surface area contributed by atoms with Gasteiger partial charge in [0.2, 0.25) is 0 Å². The topological polar surface area (TPSA) is 0 Å². The Labute approximate surface area is 73.6 Å². The van der Waals surface area contributed by atoms with Crippen LogP contribution in [-0.4, -0.2) is 32.8 Å². The number of hydrogen-bond acceptors (Lipinski definition) is 0. The van der Waals surface area contributed by atoms with Gasteiger partial charge in [0.1, 0.15) is 0 Å². The smallest absolute Gasteiger partial charge is 0 e. The molecule has 0 rings (SSSR count). The van der Waals surface area contributed by atoms with Crippen LogP contribution < -0.4 is 0 Å². The Morgan fingerprint density at radius 2 is 1.56 bits per heavy atom. The van der Waals surface area contributed by atoms with E-state index in [1.54, 1.807) is 0 Å². The largest absolute Gasteiger partial charge is 0.299 e. The monoisotopic (exact) mass is 200 g/mol. The van der Waals surface area contributed by atoms with Gasteiger partial charge in [-0.3, -0.25) is 14.1 Å². The van der Waals surface area contributed by atoms with E-state index in [9.17, 15) is 0 Å². The van der Waals surface area contributed by atoms with Gasteiger partial charge in [-0.25, -0.2) is 0 Å². The zero-order valence-electron chi connectivity index (χ0n) is 6.63. The summed E-state index contributed by atoms with van der Waals surface area (Å²) in [4.78, 5) is 0. The molecule has 0 fully saturated rings. The zero-order valence-corrected chi connectivity index (χ0v) is 9.81. The van der Waals surface area contributed by atoms with Crippen molar-refractivity contribution in [3.05, 3.63) is 6.16 Å². The summed E-state index contributed by atoms with van der Waals surface area (Å²) >= 11 is 0. The van der Waals surface area contributed by atoms with E-state index in [0.717, 1.165) is 0 Å². The van der Waals surface area contributed by atoms with Crippen LogP contribution in [0.2, 0.25) is 0 Å². The van der Waals surface area contributed by atoms with E-state index in [1.807, 2.05) is 0 Å². The summed E-state index contributed by atoms with van der Waals surface area (Å²) in [6.45, 7) is 9.25. The molecule has 0 aliphatic heterocycles. The van der Waals surface area contributed by atoms with E-state index in [4.69, 9.17) is 0 Å². The molecular formula is C6H15P2V-. The predicted octanol–water partition coefficient (Wildman–Crippen LogP) is 2.63. The van der Waals surface area contributed by atoms with Crippen LogP contribution in [0, 0.1) is 6.16 Å². The Kier molecular flexibility index (Phi) is 11.0. The molecule has 0 spiro atoms. The van der Waals surface area contributed by atoms with Crippen molar-refractivity contribution in [2.75, 3.05) is 32.8 Å². The third-order valence-corrected chi connectivity index (χ3v) is 2.93. The van der Waals surface area contributed by atoms with Crippen LogP contribution in [0.25, 0.3) is 0 Å². The van der Waals surface area contributed by atoms with Gasteiger partial charge in [0, 0.05) is 18.6 Å². The third-order valence-electron chi connectivity index (χ3n) is 0.812. The summed E-state index contributed by atoms with van der Waals surface area (Å²) in [5, 5.41) is 0. The van der Waals surface area contributed by atoms with Crippen molar-refractivity contribution in [3.63, 3.8) is 0 Å². The minimum atomic E-state index is 0. The summed E-state index contributed by atoms with van der Waals surface area (Å²) in [6, 6.07) is 0. The summed E-state index contributed by atoms with van der Waals surface area (Å²) in [6.07, 6.45) is 3.81. The summed E-state index contributed by atoms with van der Waals surface area (Å²) in [5.41, 5.74) is 0. The number of hydrogen-bond donors (Lipinski definition) is 0. The molecule has 3 heteroatoms. The van der Waals surface area contributed by atoms with E-state index in [1.165, 1.54) is 6.16 Å². The van der Waals surface area contributed by atoms with Gasteiger partial charge >= 0.3 is 0 Å². The first kappa shape index (κ1) is 13.1. The minimum absolute atomic E-state index is 0. The molecule has 0 aromatic heterocycles. The van der Waals surface area contributed by atoms with Crippen LogP contribution in [0.5, 0.6) is 0 Å². The van der Waals surface area contributed by atoms with Gasteiger partial charge in [0.15, 0.2) is 0 Å². The van der Waals surface area contributed by atoms with Crippen LogP contribution in [0.15, 0.2) is 0 Å². The Bertz CT molecular complexity index is 47.0. The summed E-state index contributed by atoms with van der Waals surface area (Å²) in [5.74, 6) is 0. The van der Waals surface area contributed by atoms with Crippen LogP contribution >= 0.6 is 15.8 Å². The van der Waals surface area contributed by atoms with Crippen LogP contribution in [0.1, 0.15) is 0 Å². The molecule has 55 valence electrons. The molecule has 0 bridgehead atoms. The van der Waals surface area contributed by atoms with Crippen molar-refractivity contribution in [2.45, 2.75) is 0 Å². The molecule has 0 unspecified atom stereocenters. The van der Waals surface area contributed by atoms with Crippen molar-refractivity contribution >= 4 is 15.8 Å². The fourth-order valence-corrected chi connectivity index (χ4v) is 2.94. The molecule has 0 atom stereocenters. The van der Waals surface area contributed by atoms with Crippen LogP contribution in [0.4, 0.5) is 0 Å². The van der Waals surface area contributed by atoms with Gasteiger partial charge in [0.25, 0.3) is 0 Å². The van der Waals surface area contributed by atoms with Gasteiger partial charge in [-0.15, -0.1) is 7.92 Å². The van der Waals surface area contributed by atoms with Crippen molar-refractivity contribution in [1.82, 2.24) is 0 Å². The third kappa shape index (κ3) is 12.6. The number of rotatable bonds is 3. The van der Waals surface area contributed by atoms with Crippen molar-refractivity contribution in [2.24, 2.45) is 0 Å². The first-order valence-electron chi connectivity index (χ1n) is 2.77. The Hall–Kier alpha value is 1.44. The van der Waals surface area contributed by atoms with E-state index in [0.29, 0.717) is 7.92 Å². The maximum atomic E-state index is 2.46. The van der Waals surface area contributed by atoms with Gasteiger partial charge in [-0.05, 0) is 13.3 Å². The van der Waals surface area contributed by atoms with Gasteiger partial charge in [-0.2, -0.15) is 6.16 Å². The second-order valence-corrected chi connectivity index (χ2v) is 7.23. The minimum Gasteiger partial charge on any atom is -0.299 e. The van der Waals surface area contributed by atoms with E-state index in [2.05, 4.69) is 32.8 Å². The van der Waals surface area contributed by atoms with Crippen molar-refractivity contribution < 1.29 is 18.6 Å². The molecule has 0 N–H and O–H groups in total. The summed E-state index contributed by atoms with van der Waals surface area (Å²) < 4.78 is 0. The van der Waals surface area contributed by atoms with Crippen molar-refractivity contribution in [1.29, 1.82) is 0 Å². The molecule has 1 radical (unpaired) electrons. The van der Waals surface area contributed by atoms with Crippen molar-refractivity contribution in [3.8, 4) is 0 Å². The average Bonchev–Trinajstić information content (AvgIpc) is 1.61. The normalized spacial score (nSPS) is 10.0. The molecule has 9 heavy (non-hydrogen) atoms. The maximum Gasteiger partial charge on any atom is 0 e. The van der Waals surface area contributed by atoms with Gasteiger partial charge < -0.3 is 0 Å². The molecule has 0 aliphatic carbocycles. The standard InChI is InChI=1S/C6H15P2.V/c1-7(2)5-6-8(3)4;/h5H,6H2,1-4H3;/q-1;. The fourth-order valence-electron chi connectivity index (χ4n) is 0.327. The zero-order chi connectivity index (χ0) is 6.57. The van der Waals surface area contributed by atoms with Crippen LogP contribution in [0.3, 0.4) is 0 Å². The average molecular weight is 200 g/mol. The predicted molar refractivity (Wildman–Crippen MR) is 46.7 cm³/mol. The Balaban J connectivity index is 0. The molecule has 0 aliphatic rings. The second-order valence-electron chi connectivity index (χ2n) is 2.41.